The lowest BCUT2D eigenvalue weighted by molar-refractivity contribution is 0.0590. The Kier molecular flexibility index (Phi) is 5.20. The van der Waals surface area contributed by atoms with Crippen molar-refractivity contribution >= 4 is 17.5 Å². The number of ether oxygens (including phenoxy) is 1. The molecule has 1 aromatic carbocycles. The molecular weight excluding hydrogens is 338 g/mol. The zero-order valence-corrected chi connectivity index (χ0v) is 14.7. The zero-order chi connectivity index (χ0) is 17.8. The first-order valence-corrected chi connectivity index (χ1v) is 8.54. The molecule has 0 unspecified atom stereocenters. The molecule has 0 bridgehead atoms. The fraction of sp³-hybridized carbons (Fsp3) is 0.316. The van der Waals surface area contributed by atoms with Crippen molar-refractivity contribution in [1.82, 2.24) is 9.88 Å². The van der Waals surface area contributed by atoms with Crippen LogP contribution in [-0.4, -0.2) is 35.0 Å². The molecule has 1 aromatic heterocycles. The van der Waals surface area contributed by atoms with Crippen molar-refractivity contribution in [2.45, 2.75) is 25.9 Å². The highest BCUT2D eigenvalue weighted by Crippen LogP contribution is 2.22. The summed E-state index contributed by atoms with van der Waals surface area (Å²) in [7, 11) is 0. The van der Waals surface area contributed by atoms with Gasteiger partial charge >= 0.3 is 0 Å². The predicted octanol–water partition coefficient (Wildman–Crippen LogP) is 3.60. The molecule has 2 aromatic rings. The number of carbonyl (C=O) groups excluding carboxylic acids is 1. The Morgan fingerprint density at radius 2 is 1.92 bits per heavy atom. The Morgan fingerprint density at radius 3 is 2.52 bits per heavy atom. The van der Waals surface area contributed by atoms with Crippen LogP contribution in [0.5, 0.6) is 5.75 Å². The molecule has 0 aliphatic carbocycles. The summed E-state index contributed by atoms with van der Waals surface area (Å²) < 4.78 is 5.95. The molecule has 1 amide bonds. The van der Waals surface area contributed by atoms with Crippen molar-refractivity contribution < 1.29 is 9.53 Å². The van der Waals surface area contributed by atoms with Crippen LogP contribution in [0.4, 0.5) is 0 Å². The van der Waals surface area contributed by atoms with Gasteiger partial charge in [-0.05, 0) is 43.3 Å². The number of hydrogen-bond donors (Lipinski definition) is 0. The number of nitriles is 1. The molecule has 1 aliphatic heterocycles. The lowest BCUT2D eigenvalue weighted by atomic mass is 10.1. The number of carbonyl (C=O) groups is 1. The van der Waals surface area contributed by atoms with Crippen LogP contribution in [0.3, 0.4) is 0 Å². The van der Waals surface area contributed by atoms with Gasteiger partial charge in [-0.25, -0.2) is 4.98 Å². The number of nitrogens with zero attached hydrogens (tertiary/aromatic N) is 3. The van der Waals surface area contributed by atoms with Gasteiger partial charge in [-0.3, -0.25) is 4.79 Å². The first-order chi connectivity index (χ1) is 12.1. The third-order valence-electron chi connectivity index (χ3n) is 4.27. The van der Waals surface area contributed by atoms with E-state index in [4.69, 9.17) is 21.6 Å². The van der Waals surface area contributed by atoms with E-state index in [1.165, 1.54) is 0 Å². The van der Waals surface area contributed by atoms with E-state index in [0.29, 0.717) is 35.1 Å². The van der Waals surface area contributed by atoms with Gasteiger partial charge in [-0.2, -0.15) is 5.26 Å². The topological polar surface area (TPSA) is 66.2 Å². The SMILES string of the molecule is Cc1nc(C(=O)N2CCC(Oc3ccc(Cl)cc3)CC2)ccc1C#N. The van der Waals surface area contributed by atoms with Gasteiger partial charge in [-0.1, -0.05) is 11.6 Å². The molecule has 6 heteroatoms. The molecule has 0 saturated carbocycles. The van der Waals surface area contributed by atoms with Crippen LogP contribution in [-0.2, 0) is 0 Å². The number of pyridine rings is 1. The summed E-state index contributed by atoms with van der Waals surface area (Å²) in [5.74, 6) is 0.691. The molecule has 1 aliphatic rings. The molecule has 2 heterocycles. The molecule has 25 heavy (non-hydrogen) atoms. The average molecular weight is 356 g/mol. The molecule has 0 radical (unpaired) electrons. The molecule has 0 atom stereocenters. The summed E-state index contributed by atoms with van der Waals surface area (Å²) in [5, 5.41) is 9.63. The van der Waals surface area contributed by atoms with Crippen LogP contribution in [0.1, 0.15) is 34.6 Å². The van der Waals surface area contributed by atoms with Crippen molar-refractivity contribution in [2.75, 3.05) is 13.1 Å². The summed E-state index contributed by atoms with van der Waals surface area (Å²) in [4.78, 5) is 18.6. The summed E-state index contributed by atoms with van der Waals surface area (Å²) in [6.07, 6.45) is 1.62. The Bertz CT molecular complexity index is 806. The largest absolute Gasteiger partial charge is 0.490 e. The van der Waals surface area contributed by atoms with Crippen molar-refractivity contribution in [3.8, 4) is 11.8 Å². The maximum absolute atomic E-state index is 12.6. The summed E-state index contributed by atoms with van der Waals surface area (Å²) in [6.45, 7) is 2.98. The van der Waals surface area contributed by atoms with E-state index in [-0.39, 0.29) is 12.0 Å². The van der Waals surface area contributed by atoms with Gasteiger partial charge in [0.2, 0.25) is 0 Å². The molecule has 128 valence electrons. The van der Waals surface area contributed by atoms with Crippen LogP contribution in [0.2, 0.25) is 5.02 Å². The lowest BCUT2D eigenvalue weighted by Gasteiger charge is -2.32. The summed E-state index contributed by atoms with van der Waals surface area (Å²) in [5.41, 5.74) is 1.45. The number of hydrogen-bond acceptors (Lipinski definition) is 4. The van der Waals surface area contributed by atoms with Gasteiger partial charge in [0.25, 0.3) is 5.91 Å². The monoisotopic (exact) mass is 355 g/mol. The number of aryl methyl sites for hydroxylation is 1. The number of likely N-dealkylation sites (tertiary alicyclic amines) is 1. The van der Waals surface area contributed by atoms with Crippen LogP contribution in [0.25, 0.3) is 0 Å². The van der Waals surface area contributed by atoms with Gasteiger partial charge in [0.15, 0.2) is 0 Å². The Morgan fingerprint density at radius 1 is 1.24 bits per heavy atom. The first-order valence-electron chi connectivity index (χ1n) is 8.16. The number of aromatic nitrogens is 1. The van der Waals surface area contributed by atoms with Crippen molar-refractivity contribution in [3.63, 3.8) is 0 Å². The minimum atomic E-state index is -0.0995. The second kappa shape index (κ2) is 7.54. The Hall–Kier alpha value is -2.58. The Labute approximate surface area is 151 Å². The standard InChI is InChI=1S/C19H18ClN3O2/c1-13-14(12-21)2-7-18(22-13)19(24)23-10-8-17(9-11-23)25-16-5-3-15(20)4-6-16/h2-7,17H,8-11H2,1H3. The number of halogens is 1. The van der Waals surface area contributed by atoms with E-state index < -0.39 is 0 Å². The highest BCUT2D eigenvalue weighted by molar-refractivity contribution is 6.30. The maximum Gasteiger partial charge on any atom is 0.272 e. The van der Waals surface area contributed by atoms with E-state index in [1.807, 2.05) is 12.1 Å². The minimum absolute atomic E-state index is 0.0842. The second-order valence-electron chi connectivity index (χ2n) is 6.00. The fourth-order valence-electron chi connectivity index (χ4n) is 2.84. The van der Waals surface area contributed by atoms with Crippen molar-refractivity contribution in [3.05, 3.63) is 58.4 Å². The summed E-state index contributed by atoms with van der Waals surface area (Å²) in [6, 6.07) is 12.6. The minimum Gasteiger partial charge on any atom is -0.490 e. The van der Waals surface area contributed by atoms with Gasteiger partial charge in [0.05, 0.1) is 11.3 Å². The molecule has 0 spiro atoms. The number of rotatable bonds is 3. The van der Waals surface area contributed by atoms with E-state index in [0.717, 1.165) is 18.6 Å². The normalized spacial score (nSPS) is 14.8. The molecule has 5 nitrogen and oxygen atoms in total. The van der Waals surface area contributed by atoms with E-state index in [9.17, 15) is 4.79 Å². The number of amides is 1. The molecule has 3 rings (SSSR count). The van der Waals surface area contributed by atoms with Gasteiger partial charge in [-0.15, -0.1) is 0 Å². The van der Waals surface area contributed by atoms with Crippen LogP contribution < -0.4 is 4.74 Å². The maximum atomic E-state index is 12.6. The van der Waals surface area contributed by atoms with Gasteiger partial charge in [0.1, 0.15) is 23.6 Å². The van der Waals surface area contributed by atoms with Crippen LogP contribution in [0, 0.1) is 18.3 Å². The van der Waals surface area contributed by atoms with Gasteiger partial charge in [0, 0.05) is 31.0 Å². The summed E-state index contributed by atoms with van der Waals surface area (Å²) >= 11 is 5.87. The highest BCUT2D eigenvalue weighted by atomic mass is 35.5. The lowest BCUT2D eigenvalue weighted by Crippen LogP contribution is -2.42. The number of benzene rings is 1. The number of piperidine rings is 1. The first kappa shape index (κ1) is 17.2. The third-order valence-corrected chi connectivity index (χ3v) is 4.52. The van der Waals surface area contributed by atoms with Crippen LogP contribution in [0.15, 0.2) is 36.4 Å². The van der Waals surface area contributed by atoms with Crippen LogP contribution >= 0.6 is 11.6 Å². The molecule has 1 saturated heterocycles. The smallest absolute Gasteiger partial charge is 0.272 e. The predicted molar refractivity (Wildman–Crippen MR) is 94.7 cm³/mol. The van der Waals surface area contributed by atoms with E-state index in [1.54, 1.807) is 36.1 Å². The highest BCUT2D eigenvalue weighted by Gasteiger charge is 2.25. The molecule has 1 fully saturated rings. The van der Waals surface area contributed by atoms with Gasteiger partial charge < -0.3 is 9.64 Å². The quantitative estimate of drug-likeness (QED) is 0.843. The average Bonchev–Trinajstić information content (AvgIpc) is 2.63. The third kappa shape index (κ3) is 4.09. The molecule has 0 N–H and O–H groups in total. The fourth-order valence-corrected chi connectivity index (χ4v) is 2.97. The van der Waals surface area contributed by atoms with E-state index >= 15 is 0 Å². The second-order valence-corrected chi connectivity index (χ2v) is 6.44. The zero-order valence-electron chi connectivity index (χ0n) is 13.9. The van der Waals surface area contributed by atoms with E-state index in [2.05, 4.69) is 11.1 Å². The molecular formula is C19H18ClN3O2. The Balaban J connectivity index is 1.58. The van der Waals surface area contributed by atoms with Crippen molar-refractivity contribution in [2.24, 2.45) is 0 Å². The van der Waals surface area contributed by atoms with Crippen molar-refractivity contribution in [1.29, 1.82) is 5.26 Å².